The van der Waals surface area contributed by atoms with E-state index >= 15 is 0 Å². The van der Waals surface area contributed by atoms with Crippen molar-refractivity contribution in [2.24, 2.45) is 0 Å². The molecule has 0 fully saturated rings. The average molecular weight is 365 g/mol. The molecule has 0 aromatic heterocycles. The molecule has 27 heavy (non-hydrogen) atoms. The standard InChI is InChI=1S/C22H23NO4/c1-16(27-19-13-7-9-17-8-3-4-10-18(17)19)22(24)23-14-15-26-21-12-6-5-11-20(21)25-2/h3-13,16H,14-15H2,1-2H3,(H,23,24)/t16-/m1/s1. The lowest BCUT2D eigenvalue weighted by Crippen LogP contribution is -2.38. The Kier molecular flexibility index (Phi) is 6.15. The highest BCUT2D eigenvalue weighted by Crippen LogP contribution is 2.26. The van der Waals surface area contributed by atoms with Crippen LogP contribution in [0, 0.1) is 0 Å². The zero-order valence-electron chi connectivity index (χ0n) is 15.5. The summed E-state index contributed by atoms with van der Waals surface area (Å²) in [5, 5.41) is 4.89. The predicted molar refractivity (Wildman–Crippen MR) is 106 cm³/mol. The summed E-state index contributed by atoms with van der Waals surface area (Å²) in [5.41, 5.74) is 0. The highest BCUT2D eigenvalue weighted by atomic mass is 16.5. The summed E-state index contributed by atoms with van der Waals surface area (Å²) >= 11 is 0. The molecular weight excluding hydrogens is 342 g/mol. The van der Waals surface area contributed by atoms with Gasteiger partial charge in [0.2, 0.25) is 0 Å². The van der Waals surface area contributed by atoms with E-state index < -0.39 is 6.10 Å². The van der Waals surface area contributed by atoms with Gasteiger partial charge in [-0.1, -0.05) is 48.5 Å². The molecule has 3 aromatic carbocycles. The van der Waals surface area contributed by atoms with Crippen LogP contribution in [0.3, 0.4) is 0 Å². The van der Waals surface area contributed by atoms with E-state index in [4.69, 9.17) is 14.2 Å². The quantitative estimate of drug-likeness (QED) is 0.617. The molecule has 0 saturated carbocycles. The first kappa shape index (κ1) is 18.6. The van der Waals surface area contributed by atoms with Crippen molar-refractivity contribution >= 4 is 16.7 Å². The summed E-state index contributed by atoms with van der Waals surface area (Å²) in [6.45, 7) is 2.45. The van der Waals surface area contributed by atoms with E-state index in [9.17, 15) is 4.79 Å². The minimum absolute atomic E-state index is 0.188. The molecule has 140 valence electrons. The molecule has 0 aliphatic rings. The minimum Gasteiger partial charge on any atom is -0.493 e. The maximum atomic E-state index is 12.3. The molecule has 1 amide bonds. The first-order chi connectivity index (χ1) is 13.2. The highest BCUT2D eigenvalue weighted by Gasteiger charge is 2.15. The van der Waals surface area contributed by atoms with Crippen LogP contribution < -0.4 is 19.5 Å². The van der Waals surface area contributed by atoms with Crippen LogP contribution in [-0.2, 0) is 4.79 Å². The number of fused-ring (bicyclic) bond motifs is 1. The van der Waals surface area contributed by atoms with Gasteiger partial charge in [-0.15, -0.1) is 0 Å². The van der Waals surface area contributed by atoms with Crippen LogP contribution in [0.1, 0.15) is 6.92 Å². The Labute approximate surface area is 158 Å². The van der Waals surface area contributed by atoms with Crippen molar-refractivity contribution < 1.29 is 19.0 Å². The van der Waals surface area contributed by atoms with Gasteiger partial charge in [0.1, 0.15) is 12.4 Å². The van der Waals surface area contributed by atoms with E-state index in [0.717, 1.165) is 10.8 Å². The molecule has 0 radical (unpaired) electrons. The van der Waals surface area contributed by atoms with Gasteiger partial charge in [0.15, 0.2) is 17.6 Å². The van der Waals surface area contributed by atoms with Crippen LogP contribution in [0.25, 0.3) is 10.8 Å². The fourth-order valence-corrected chi connectivity index (χ4v) is 2.76. The Hall–Kier alpha value is -3.21. The predicted octanol–water partition coefficient (Wildman–Crippen LogP) is 3.81. The maximum Gasteiger partial charge on any atom is 0.260 e. The summed E-state index contributed by atoms with van der Waals surface area (Å²) in [7, 11) is 1.59. The SMILES string of the molecule is COc1ccccc1OCCNC(=O)[C@@H](C)Oc1cccc2ccccc12. The Morgan fingerprint density at radius 2 is 1.59 bits per heavy atom. The van der Waals surface area contributed by atoms with Crippen molar-refractivity contribution in [2.75, 3.05) is 20.3 Å². The van der Waals surface area contributed by atoms with Crippen molar-refractivity contribution in [1.29, 1.82) is 0 Å². The van der Waals surface area contributed by atoms with Gasteiger partial charge in [0.25, 0.3) is 5.91 Å². The fourth-order valence-electron chi connectivity index (χ4n) is 2.76. The van der Waals surface area contributed by atoms with Gasteiger partial charge in [-0.2, -0.15) is 0 Å². The van der Waals surface area contributed by atoms with Gasteiger partial charge in [-0.25, -0.2) is 0 Å². The maximum absolute atomic E-state index is 12.3. The lowest BCUT2D eigenvalue weighted by Gasteiger charge is -2.16. The number of nitrogens with one attached hydrogen (secondary N) is 1. The lowest BCUT2D eigenvalue weighted by molar-refractivity contribution is -0.127. The Bertz CT molecular complexity index is 904. The molecule has 1 N–H and O–H groups in total. The number of ether oxygens (including phenoxy) is 3. The number of amides is 1. The smallest absolute Gasteiger partial charge is 0.260 e. The average Bonchev–Trinajstić information content (AvgIpc) is 2.71. The third kappa shape index (κ3) is 4.70. The van der Waals surface area contributed by atoms with Gasteiger partial charge >= 0.3 is 0 Å². The van der Waals surface area contributed by atoms with E-state index in [1.807, 2.05) is 66.7 Å². The molecule has 3 rings (SSSR count). The van der Waals surface area contributed by atoms with Crippen LogP contribution in [0.2, 0.25) is 0 Å². The van der Waals surface area contributed by atoms with E-state index in [-0.39, 0.29) is 5.91 Å². The molecule has 5 nitrogen and oxygen atoms in total. The molecule has 0 aliphatic carbocycles. The van der Waals surface area contributed by atoms with Crippen LogP contribution in [0.15, 0.2) is 66.7 Å². The first-order valence-corrected chi connectivity index (χ1v) is 8.87. The summed E-state index contributed by atoms with van der Waals surface area (Å²) in [6, 6.07) is 21.1. The number of hydrogen-bond donors (Lipinski definition) is 1. The van der Waals surface area contributed by atoms with E-state index in [1.165, 1.54) is 0 Å². The van der Waals surface area contributed by atoms with Gasteiger partial charge in [-0.05, 0) is 30.5 Å². The molecule has 3 aromatic rings. The van der Waals surface area contributed by atoms with Gasteiger partial charge in [0, 0.05) is 5.39 Å². The second-order valence-corrected chi connectivity index (χ2v) is 6.03. The van der Waals surface area contributed by atoms with Crippen LogP contribution in [-0.4, -0.2) is 32.3 Å². The molecule has 1 atom stereocenters. The topological polar surface area (TPSA) is 56.8 Å². The second-order valence-electron chi connectivity index (χ2n) is 6.03. The van der Waals surface area contributed by atoms with E-state index in [2.05, 4.69) is 5.32 Å². The number of benzene rings is 3. The van der Waals surface area contributed by atoms with Crippen molar-refractivity contribution in [2.45, 2.75) is 13.0 Å². The molecule has 0 saturated heterocycles. The summed E-state index contributed by atoms with van der Waals surface area (Å²) in [5.74, 6) is 1.82. The number of hydrogen-bond acceptors (Lipinski definition) is 4. The normalized spacial score (nSPS) is 11.6. The zero-order chi connectivity index (χ0) is 19.1. The van der Waals surface area contributed by atoms with E-state index in [1.54, 1.807) is 14.0 Å². The number of carbonyl (C=O) groups excluding carboxylic acids is 1. The van der Waals surface area contributed by atoms with Crippen LogP contribution in [0.4, 0.5) is 0 Å². The monoisotopic (exact) mass is 365 g/mol. The number of methoxy groups -OCH3 is 1. The van der Waals surface area contributed by atoms with E-state index in [0.29, 0.717) is 30.4 Å². The highest BCUT2D eigenvalue weighted by molar-refractivity contribution is 5.89. The lowest BCUT2D eigenvalue weighted by atomic mass is 10.1. The van der Waals surface area contributed by atoms with Crippen molar-refractivity contribution in [1.82, 2.24) is 5.32 Å². The zero-order valence-corrected chi connectivity index (χ0v) is 15.5. The van der Waals surface area contributed by atoms with Gasteiger partial charge in [-0.3, -0.25) is 4.79 Å². The summed E-state index contributed by atoms with van der Waals surface area (Å²) in [6.07, 6.45) is -0.609. The number of rotatable bonds is 8. The summed E-state index contributed by atoms with van der Waals surface area (Å²) in [4.78, 5) is 12.3. The largest absolute Gasteiger partial charge is 0.493 e. The minimum atomic E-state index is -0.609. The van der Waals surface area contributed by atoms with Crippen molar-refractivity contribution in [3.05, 3.63) is 66.7 Å². The first-order valence-electron chi connectivity index (χ1n) is 8.87. The van der Waals surface area contributed by atoms with Crippen LogP contribution >= 0.6 is 0 Å². The van der Waals surface area contributed by atoms with Crippen LogP contribution in [0.5, 0.6) is 17.2 Å². The molecule has 5 heteroatoms. The Morgan fingerprint density at radius 1 is 0.926 bits per heavy atom. The molecule has 0 heterocycles. The molecular formula is C22H23NO4. The fraction of sp³-hybridized carbons (Fsp3) is 0.227. The summed E-state index contributed by atoms with van der Waals surface area (Å²) < 4.78 is 16.8. The third-order valence-corrected chi connectivity index (χ3v) is 4.15. The van der Waals surface area contributed by atoms with Gasteiger partial charge in [0.05, 0.1) is 13.7 Å². The number of carbonyl (C=O) groups is 1. The third-order valence-electron chi connectivity index (χ3n) is 4.15. The molecule has 0 aliphatic heterocycles. The molecule has 0 spiro atoms. The molecule has 0 bridgehead atoms. The Balaban J connectivity index is 1.50. The van der Waals surface area contributed by atoms with Crippen molar-refractivity contribution in [3.63, 3.8) is 0 Å². The number of para-hydroxylation sites is 2. The molecule has 0 unspecified atom stereocenters. The van der Waals surface area contributed by atoms with Gasteiger partial charge < -0.3 is 19.5 Å². The van der Waals surface area contributed by atoms with Crippen molar-refractivity contribution in [3.8, 4) is 17.2 Å². The Morgan fingerprint density at radius 3 is 2.41 bits per heavy atom. The second kappa shape index (κ2) is 8.94.